The van der Waals surface area contributed by atoms with Crippen molar-refractivity contribution >= 4 is 11.7 Å². The van der Waals surface area contributed by atoms with Crippen molar-refractivity contribution in [2.45, 2.75) is 26.9 Å². The van der Waals surface area contributed by atoms with Gasteiger partial charge in [-0.3, -0.25) is 4.79 Å². The van der Waals surface area contributed by atoms with Crippen LogP contribution in [0.4, 0.5) is 5.82 Å². The van der Waals surface area contributed by atoms with E-state index in [9.17, 15) is 4.79 Å². The minimum atomic E-state index is 0.00824. The molecule has 0 aromatic carbocycles. The first-order valence-electron chi connectivity index (χ1n) is 7.06. The Morgan fingerprint density at radius 3 is 3.05 bits per heavy atom. The number of nitrogens with zero attached hydrogens (tertiary/aromatic N) is 5. The van der Waals surface area contributed by atoms with Crippen LogP contribution in [0, 0.1) is 6.92 Å². The van der Waals surface area contributed by atoms with Crippen molar-refractivity contribution in [1.29, 1.82) is 0 Å². The molecule has 7 heteroatoms. The van der Waals surface area contributed by atoms with E-state index in [1.165, 1.54) is 0 Å². The van der Waals surface area contributed by atoms with Crippen molar-refractivity contribution in [3.8, 4) is 0 Å². The Bertz CT molecular complexity index is 665. The molecule has 0 saturated carbocycles. The van der Waals surface area contributed by atoms with Crippen molar-refractivity contribution < 1.29 is 4.79 Å². The number of aryl methyl sites for hydroxylation is 1. The fourth-order valence-corrected chi connectivity index (χ4v) is 2.49. The molecule has 21 heavy (non-hydrogen) atoms. The Labute approximate surface area is 123 Å². The summed E-state index contributed by atoms with van der Waals surface area (Å²) in [5, 5.41) is 11.1. The van der Waals surface area contributed by atoms with Gasteiger partial charge in [0.15, 0.2) is 5.82 Å². The zero-order valence-corrected chi connectivity index (χ0v) is 12.2. The summed E-state index contributed by atoms with van der Waals surface area (Å²) in [4.78, 5) is 18.8. The molecule has 1 aliphatic heterocycles. The lowest BCUT2D eigenvalue weighted by atomic mass is 10.2. The van der Waals surface area contributed by atoms with Gasteiger partial charge in [0.1, 0.15) is 12.1 Å². The van der Waals surface area contributed by atoms with Crippen LogP contribution in [-0.2, 0) is 13.1 Å². The molecule has 0 saturated heterocycles. The van der Waals surface area contributed by atoms with E-state index in [1.54, 1.807) is 17.3 Å². The van der Waals surface area contributed by atoms with Crippen molar-refractivity contribution in [3.63, 3.8) is 0 Å². The first-order valence-corrected chi connectivity index (χ1v) is 7.06. The first kappa shape index (κ1) is 13.5. The highest BCUT2D eigenvalue weighted by molar-refractivity contribution is 5.95. The second-order valence-corrected chi connectivity index (χ2v) is 5.08. The highest BCUT2D eigenvalue weighted by Gasteiger charge is 2.23. The third-order valence-corrected chi connectivity index (χ3v) is 3.48. The number of nitrogens with one attached hydrogen (secondary N) is 1. The monoisotopic (exact) mass is 286 g/mol. The van der Waals surface area contributed by atoms with Gasteiger partial charge in [-0.2, -0.15) is 0 Å². The summed E-state index contributed by atoms with van der Waals surface area (Å²) in [6, 6.07) is 3.63. The number of pyridine rings is 1. The second-order valence-electron chi connectivity index (χ2n) is 5.08. The summed E-state index contributed by atoms with van der Waals surface area (Å²) in [5.74, 6) is 1.57. The summed E-state index contributed by atoms with van der Waals surface area (Å²) in [7, 11) is 0. The zero-order chi connectivity index (χ0) is 14.8. The minimum absolute atomic E-state index is 0.00824. The van der Waals surface area contributed by atoms with Gasteiger partial charge in [0.25, 0.3) is 5.91 Å². The highest BCUT2D eigenvalue weighted by atomic mass is 16.2. The van der Waals surface area contributed by atoms with Crippen molar-refractivity contribution in [1.82, 2.24) is 24.6 Å². The molecule has 2 aromatic rings. The summed E-state index contributed by atoms with van der Waals surface area (Å²) in [6.45, 7) is 6.57. The van der Waals surface area contributed by atoms with Crippen molar-refractivity contribution in [2.75, 3.05) is 18.4 Å². The van der Waals surface area contributed by atoms with Crippen LogP contribution in [0.15, 0.2) is 18.5 Å². The van der Waals surface area contributed by atoms with Gasteiger partial charge in [-0.1, -0.05) is 0 Å². The number of hydrogen-bond donors (Lipinski definition) is 1. The lowest BCUT2D eigenvalue weighted by Crippen LogP contribution is -2.38. The maximum atomic E-state index is 12.7. The quantitative estimate of drug-likeness (QED) is 0.913. The largest absolute Gasteiger partial charge is 0.370 e. The molecular weight excluding hydrogens is 268 g/mol. The van der Waals surface area contributed by atoms with E-state index in [0.717, 1.165) is 30.4 Å². The van der Waals surface area contributed by atoms with E-state index in [0.29, 0.717) is 18.7 Å². The molecule has 0 aliphatic carbocycles. The van der Waals surface area contributed by atoms with Crippen molar-refractivity contribution in [3.05, 3.63) is 35.5 Å². The van der Waals surface area contributed by atoms with Crippen LogP contribution < -0.4 is 5.32 Å². The molecule has 1 N–H and O–H groups in total. The predicted octanol–water partition coefficient (Wildman–Crippen LogP) is 1.07. The van der Waals surface area contributed by atoms with Gasteiger partial charge in [-0.05, 0) is 26.0 Å². The van der Waals surface area contributed by atoms with Crippen molar-refractivity contribution in [2.24, 2.45) is 0 Å². The topological polar surface area (TPSA) is 75.9 Å². The molecule has 1 amide bonds. The standard InChI is InChI=1S/C14H18N6O/c1-3-15-12-7-11(6-10(2)17-12)14(21)19-4-5-20-9-16-18-13(20)8-19/h6-7,9H,3-5,8H2,1-2H3,(H,15,17). The first-order chi connectivity index (χ1) is 10.2. The number of carbonyl (C=O) groups is 1. The van der Waals surface area contributed by atoms with Gasteiger partial charge in [0.05, 0.1) is 6.54 Å². The number of fused-ring (bicyclic) bond motifs is 1. The fourth-order valence-electron chi connectivity index (χ4n) is 2.49. The highest BCUT2D eigenvalue weighted by Crippen LogP contribution is 2.16. The molecule has 110 valence electrons. The van der Waals surface area contributed by atoms with E-state index in [2.05, 4.69) is 20.5 Å². The molecular formula is C14H18N6O. The molecule has 0 bridgehead atoms. The van der Waals surface area contributed by atoms with E-state index >= 15 is 0 Å². The molecule has 0 spiro atoms. The maximum absolute atomic E-state index is 12.7. The van der Waals surface area contributed by atoms with Gasteiger partial charge >= 0.3 is 0 Å². The molecule has 3 rings (SSSR count). The Morgan fingerprint density at radius 1 is 1.38 bits per heavy atom. The molecule has 1 aliphatic rings. The Balaban J connectivity index is 1.82. The maximum Gasteiger partial charge on any atom is 0.254 e. The van der Waals surface area contributed by atoms with Crippen LogP contribution >= 0.6 is 0 Å². The number of aromatic nitrogens is 4. The summed E-state index contributed by atoms with van der Waals surface area (Å²) >= 11 is 0. The average molecular weight is 286 g/mol. The van der Waals surface area contributed by atoms with Crippen LogP contribution in [0.5, 0.6) is 0 Å². The third-order valence-electron chi connectivity index (χ3n) is 3.48. The Kier molecular flexibility index (Phi) is 3.55. The van der Waals surface area contributed by atoms with Gasteiger partial charge in [-0.15, -0.1) is 10.2 Å². The summed E-state index contributed by atoms with van der Waals surface area (Å²) < 4.78 is 1.98. The molecule has 0 fully saturated rings. The molecule has 0 atom stereocenters. The van der Waals surface area contributed by atoms with E-state index < -0.39 is 0 Å². The normalized spacial score (nSPS) is 13.9. The van der Waals surface area contributed by atoms with Gasteiger partial charge in [-0.25, -0.2) is 4.98 Å². The Morgan fingerprint density at radius 2 is 2.24 bits per heavy atom. The molecule has 2 aromatic heterocycles. The third kappa shape index (κ3) is 2.72. The smallest absolute Gasteiger partial charge is 0.254 e. The van der Waals surface area contributed by atoms with Gasteiger partial charge in [0.2, 0.25) is 0 Å². The summed E-state index contributed by atoms with van der Waals surface area (Å²) in [6.07, 6.45) is 1.71. The zero-order valence-electron chi connectivity index (χ0n) is 12.2. The van der Waals surface area contributed by atoms with E-state index in [1.807, 2.05) is 24.5 Å². The molecule has 0 radical (unpaired) electrons. The number of carbonyl (C=O) groups excluding carboxylic acids is 1. The lowest BCUT2D eigenvalue weighted by molar-refractivity contribution is 0.0707. The van der Waals surface area contributed by atoms with Crippen LogP contribution in [0.1, 0.15) is 28.8 Å². The minimum Gasteiger partial charge on any atom is -0.370 e. The molecule has 0 unspecified atom stereocenters. The average Bonchev–Trinajstić information content (AvgIpc) is 2.93. The van der Waals surface area contributed by atoms with Crippen LogP contribution in [0.2, 0.25) is 0 Å². The van der Waals surface area contributed by atoms with Gasteiger partial charge < -0.3 is 14.8 Å². The SMILES string of the molecule is CCNc1cc(C(=O)N2CCn3cnnc3C2)cc(C)n1. The summed E-state index contributed by atoms with van der Waals surface area (Å²) in [5.41, 5.74) is 1.49. The van der Waals surface area contributed by atoms with Gasteiger partial charge in [0, 0.05) is 30.9 Å². The van der Waals surface area contributed by atoms with E-state index in [-0.39, 0.29) is 5.91 Å². The number of anilines is 1. The molecule has 3 heterocycles. The number of amides is 1. The fraction of sp³-hybridized carbons (Fsp3) is 0.429. The van der Waals surface area contributed by atoms with Crippen LogP contribution in [0.3, 0.4) is 0 Å². The second kappa shape index (κ2) is 5.51. The Hall–Kier alpha value is -2.44. The lowest BCUT2D eigenvalue weighted by Gasteiger charge is -2.27. The van der Waals surface area contributed by atoms with Crippen LogP contribution in [0.25, 0.3) is 0 Å². The van der Waals surface area contributed by atoms with E-state index in [4.69, 9.17) is 0 Å². The predicted molar refractivity (Wildman–Crippen MR) is 77.9 cm³/mol. The number of hydrogen-bond acceptors (Lipinski definition) is 5. The van der Waals surface area contributed by atoms with Crippen LogP contribution in [-0.4, -0.2) is 43.6 Å². The number of rotatable bonds is 3. The molecule has 7 nitrogen and oxygen atoms in total.